The van der Waals surface area contributed by atoms with Gasteiger partial charge in [0.15, 0.2) is 0 Å². The average molecular weight is 359 g/mol. The molecule has 0 heterocycles. The molecule has 0 unspecified atom stereocenters. The molecule has 0 spiro atoms. The number of amides is 1. The molecule has 2 N–H and O–H groups in total. The zero-order chi connectivity index (χ0) is 16.9. The largest absolute Gasteiger partial charge is 1.00 e. The summed E-state index contributed by atoms with van der Waals surface area (Å²) in [6, 6.07) is 7.38. The predicted octanol–water partition coefficient (Wildman–Crippen LogP) is -0.267. The molecule has 0 radical (unpaired) electrons. The monoisotopic (exact) mass is 358 g/mol. The van der Waals surface area contributed by atoms with Crippen molar-refractivity contribution in [3.63, 3.8) is 0 Å². The Kier molecular flexibility index (Phi) is 13.1. The van der Waals surface area contributed by atoms with E-state index in [0.29, 0.717) is 12.3 Å². The second kappa shape index (κ2) is 13.9. The Balaban J connectivity index is 0.00000529. The van der Waals surface area contributed by atoms with Gasteiger partial charge < -0.3 is 26.8 Å². The molecule has 24 heavy (non-hydrogen) atoms. The van der Waals surface area contributed by atoms with Crippen molar-refractivity contribution in [1.29, 1.82) is 0 Å². The number of likely N-dealkylation sites (N-methyl/N-ethyl adjacent to an activating group) is 1. The van der Waals surface area contributed by atoms with Gasteiger partial charge in [0.25, 0.3) is 0 Å². The molecule has 0 bridgehead atoms. The van der Waals surface area contributed by atoms with Gasteiger partial charge in [-0.1, -0.05) is 32.6 Å². The lowest BCUT2D eigenvalue weighted by Gasteiger charge is -2.10. The van der Waals surface area contributed by atoms with Gasteiger partial charge in [-0.15, -0.1) is 0 Å². The molecule has 0 aliphatic rings. The van der Waals surface area contributed by atoms with E-state index in [2.05, 4.69) is 12.2 Å². The standard InChI is InChI=1S/C18H30N2O3.ClH/c1-4-5-6-7-8-14-22-17-11-9-16(10-12-17)19-18(21)23-15-13-20(2)3;/h9-12H,4-8,13-15H2,1-3H3,(H,19,21);1H. The van der Waals surface area contributed by atoms with Gasteiger partial charge in [0.05, 0.1) is 20.7 Å². The molecule has 0 atom stereocenters. The second-order valence-corrected chi connectivity index (χ2v) is 6.01. The van der Waals surface area contributed by atoms with Gasteiger partial charge in [0.2, 0.25) is 0 Å². The van der Waals surface area contributed by atoms with Crippen molar-refractivity contribution in [1.82, 2.24) is 0 Å². The number of anilines is 1. The summed E-state index contributed by atoms with van der Waals surface area (Å²) in [6.45, 7) is 4.16. The summed E-state index contributed by atoms with van der Waals surface area (Å²) in [5, 5.41) is 2.71. The van der Waals surface area contributed by atoms with Crippen LogP contribution >= 0.6 is 0 Å². The topological polar surface area (TPSA) is 52.0 Å². The first-order valence-electron chi connectivity index (χ1n) is 8.57. The van der Waals surface area contributed by atoms with Crippen LogP contribution < -0.4 is 27.4 Å². The number of carbonyl (C=O) groups is 1. The van der Waals surface area contributed by atoms with E-state index < -0.39 is 6.09 Å². The molecule has 1 rings (SSSR count). The van der Waals surface area contributed by atoms with Crippen LogP contribution in [0.1, 0.15) is 39.0 Å². The summed E-state index contributed by atoms with van der Waals surface area (Å²) >= 11 is 0. The Bertz CT molecular complexity index is 438. The summed E-state index contributed by atoms with van der Waals surface area (Å²) in [7, 11) is 4.04. The molecular formula is C18H31ClN2O3. The number of carbonyl (C=O) groups excluding carboxylic acids is 1. The molecule has 5 nitrogen and oxygen atoms in total. The van der Waals surface area contributed by atoms with Crippen molar-refractivity contribution < 1.29 is 31.6 Å². The van der Waals surface area contributed by atoms with Crippen LogP contribution in [0.15, 0.2) is 24.3 Å². The minimum absolute atomic E-state index is 0. The van der Waals surface area contributed by atoms with E-state index in [1.165, 1.54) is 30.6 Å². The molecule has 0 aromatic heterocycles. The van der Waals surface area contributed by atoms with Crippen LogP contribution in [0.5, 0.6) is 5.75 Å². The summed E-state index contributed by atoms with van der Waals surface area (Å²) in [4.78, 5) is 12.8. The van der Waals surface area contributed by atoms with Crippen molar-refractivity contribution in [2.75, 3.05) is 39.2 Å². The lowest BCUT2D eigenvalue weighted by molar-refractivity contribution is -0.858. The molecule has 0 aliphatic carbocycles. The van der Waals surface area contributed by atoms with Gasteiger partial charge in [-0.2, -0.15) is 0 Å². The van der Waals surface area contributed by atoms with E-state index in [-0.39, 0.29) is 12.4 Å². The third kappa shape index (κ3) is 11.1. The van der Waals surface area contributed by atoms with Crippen molar-refractivity contribution in [2.24, 2.45) is 0 Å². The number of unbranched alkanes of at least 4 members (excludes halogenated alkanes) is 4. The first kappa shape index (κ1) is 22.5. The van der Waals surface area contributed by atoms with Crippen LogP contribution in [-0.4, -0.2) is 39.9 Å². The lowest BCUT2D eigenvalue weighted by atomic mass is 10.2. The van der Waals surface area contributed by atoms with Crippen molar-refractivity contribution in [2.45, 2.75) is 39.0 Å². The fourth-order valence-electron chi connectivity index (χ4n) is 2.03. The predicted molar refractivity (Wildman–Crippen MR) is 93.3 cm³/mol. The van der Waals surface area contributed by atoms with Crippen molar-refractivity contribution >= 4 is 11.8 Å². The third-order valence-corrected chi connectivity index (χ3v) is 3.45. The molecule has 6 heteroatoms. The number of hydrogen-bond donors (Lipinski definition) is 2. The highest BCUT2D eigenvalue weighted by molar-refractivity contribution is 5.84. The molecule has 0 saturated heterocycles. The zero-order valence-corrected chi connectivity index (χ0v) is 15.8. The number of quaternary nitrogens is 1. The van der Waals surface area contributed by atoms with Crippen LogP contribution in [0.2, 0.25) is 0 Å². The number of rotatable bonds is 11. The fraction of sp³-hybridized carbons (Fsp3) is 0.611. The van der Waals surface area contributed by atoms with Gasteiger partial charge >= 0.3 is 6.09 Å². The fourth-order valence-corrected chi connectivity index (χ4v) is 2.03. The van der Waals surface area contributed by atoms with Gasteiger partial charge in [-0.25, -0.2) is 4.79 Å². The quantitative estimate of drug-likeness (QED) is 0.536. The number of halogens is 1. The van der Waals surface area contributed by atoms with E-state index in [9.17, 15) is 4.79 Å². The van der Waals surface area contributed by atoms with E-state index in [1.807, 2.05) is 38.4 Å². The molecule has 0 aliphatic heterocycles. The number of nitrogens with one attached hydrogen (secondary N) is 2. The van der Waals surface area contributed by atoms with Gasteiger partial charge in [-0.3, -0.25) is 5.32 Å². The van der Waals surface area contributed by atoms with Gasteiger partial charge in [-0.05, 0) is 30.7 Å². The van der Waals surface area contributed by atoms with Crippen LogP contribution in [0.4, 0.5) is 10.5 Å². The number of hydrogen-bond acceptors (Lipinski definition) is 3. The minimum atomic E-state index is -0.421. The Labute approximate surface area is 152 Å². The van der Waals surface area contributed by atoms with Crippen molar-refractivity contribution in [3.05, 3.63) is 24.3 Å². The van der Waals surface area contributed by atoms with E-state index in [1.54, 1.807) is 0 Å². The highest BCUT2D eigenvalue weighted by Gasteiger charge is 2.04. The summed E-state index contributed by atoms with van der Waals surface area (Å²) < 4.78 is 10.8. The maximum absolute atomic E-state index is 11.6. The van der Waals surface area contributed by atoms with Crippen LogP contribution in [0, 0.1) is 0 Å². The number of ether oxygens (including phenoxy) is 2. The van der Waals surface area contributed by atoms with Crippen LogP contribution in [0.3, 0.4) is 0 Å². The van der Waals surface area contributed by atoms with Crippen LogP contribution in [0.25, 0.3) is 0 Å². The molecule has 1 aromatic carbocycles. The maximum Gasteiger partial charge on any atom is 0.411 e. The highest BCUT2D eigenvalue weighted by Crippen LogP contribution is 2.16. The Hall–Kier alpha value is -1.46. The Morgan fingerprint density at radius 3 is 2.33 bits per heavy atom. The first-order valence-corrected chi connectivity index (χ1v) is 8.57. The first-order chi connectivity index (χ1) is 11.1. The summed E-state index contributed by atoms with van der Waals surface area (Å²) in [5.74, 6) is 0.829. The van der Waals surface area contributed by atoms with Gasteiger partial charge in [0, 0.05) is 5.69 Å². The maximum atomic E-state index is 11.6. The lowest BCUT2D eigenvalue weighted by Crippen LogP contribution is -3.06. The minimum Gasteiger partial charge on any atom is -1.00 e. The summed E-state index contributed by atoms with van der Waals surface area (Å²) in [5.41, 5.74) is 0.711. The SMILES string of the molecule is CCCCCCCOc1ccc(NC(=O)OCC[NH+](C)C)cc1.[Cl-]. The average Bonchev–Trinajstić information content (AvgIpc) is 2.52. The molecule has 0 saturated carbocycles. The van der Waals surface area contributed by atoms with Crippen LogP contribution in [-0.2, 0) is 4.74 Å². The molecule has 1 amide bonds. The van der Waals surface area contributed by atoms with Gasteiger partial charge in [0.1, 0.15) is 18.9 Å². The molecular weight excluding hydrogens is 328 g/mol. The Morgan fingerprint density at radius 1 is 1.04 bits per heavy atom. The van der Waals surface area contributed by atoms with Crippen molar-refractivity contribution in [3.8, 4) is 5.75 Å². The molecule has 138 valence electrons. The van der Waals surface area contributed by atoms with E-state index in [0.717, 1.165) is 25.3 Å². The third-order valence-electron chi connectivity index (χ3n) is 3.45. The Morgan fingerprint density at radius 2 is 1.71 bits per heavy atom. The van der Waals surface area contributed by atoms with E-state index in [4.69, 9.17) is 9.47 Å². The summed E-state index contributed by atoms with van der Waals surface area (Å²) in [6.07, 6.45) is 5.71. The highest BCUT2D eigenvalue weighted by atomic mass is 35.5. The number of benzene rings is 1. The van der Waals surface area contributed by atoms with E-state index >= 15 is 0 Å². The normalized spacial score (nSPS) is 10.2. The molecule has 1 aromatic rings. The second-order valence-electron chi connectivity index (χ2n) is 6.01. The smallest absolute Gasteiger partial charge is 0.411 e. The molecule has 0 fully saturated rings. The zero-order valence-electron chi connectivity index (χ0n) is 15.1.